The van der Waals surface area contributed by atoms with E-state index in [1.54, 1.807) is 0 Å². The molecule has 218 valence electrons. The maximum Gasteiger partial charge on any atom is 0.0462 e. The fraction of sp³-hybridized carbons (Fsp3) is 0.0667. The van der Waals surface area contributed by atoms with E-state index in [0.29, 0.717) is 0 Å². The summed E-state index contributed by atoms with van der Waals surface area (Å²) in [7, 11) is 0. The molecule has 0 saturated heterocycles. The van der Waals surface area contributed by atoms with Crippen LogP contribution < -0.4 is 4.90 Å². The van der Waals surface area contributed by atoms with Crippen LogP contribution in [-0.4, -0.2) is 0 Å². The summed E-state index contributed by atoms with van der Waals surface area (Å²) in [5.41, 5.74) is 11.2. The molecule has 1 aliphatic rings. The first-order valence-electron chi connectivity index (χ1n) is 16.1. The minimum Gasteiger partial charge on any atom is -0.311 e. The van der Waals surface area contributed by atoms with Gasteiger partial charge in [-0.2, -0.15) is 0 Å². The highest BCUT2D eigenvalue weighted by molar-refractivity contribution is 6.16. The SMILES string of the molecule is CC1(C)c2cc(-c3ccc(N(c4ccccc4)c4ccccc4)cc3)cc3ccc4cc(-c5ccc6ccccc6c5)cc1c4c23. The van der Waals surface area contributed by atoms with Crippen molar-refractivity contribution in [2.45, 2.75) is 19.3 Å². The molecule has 0 aromatic heterocycles. The monoisotopic (exact) mass is 587 g/mol. The molecule has 8 aromatic carbocycles. The Bertz CT molecular complexity index is 2380. The van der Waals surface area contributed by atoms with Crippen molar-refractivity contribution in [1.82, 2.24) is 0 Å². The average molecular weight is 588 g/mol. The van der Waals surface area contributed by atoms with Crippen molar-refractivity contribution in [1.29, 1.82) is 0 Å². The van der Waals surface area contributed by atoms with Crippen molar-refractivity contribution in [3.05, 3.63) is 175 Å². The molecular weight excluding hydrogens is 555 g/mol. The molecule has 0 spiro atoms. The zero-order valence-electron chi connectivity index (χ0n) is 26.0. The van der Waals surface area contributed by atoms with Gasteiger partial charge in [0.05, 0.1) is 0 Å². The van der Waals surface area contributed by atoms with Crippen molar-refractivity contribution >= 4 is 49.4 Å². The summed E-state index contributed by atoms with van der Waals surface area (Å²) in [5.74, 6) is 0. The highest BCUT2D eigenvalue weighted by atomic mass is 15.1. The van der Waals surface area contributed by atoms with E-state index in [1.807, 2.05) is 0 Å². The molecule has 1 aliphatic carbocycles. The lowest BCUT2D eigenvalue weighted by molar-refractivity contribution is 0.663. The number of fused-ring (bicyclic) bond motifs is 1. The Kier molecular flexibility index (Phi) is 5.92. The molecule has 9 rings (SSSR count). The van der Waals surface area contributed by atoms with Gasteiger partial charge in [-0.1, -0.05) is 111 Å². The number of nitrogens with zero attached hydrogens (tertiary/aromatic N) is 1. The highest BCUT2D eigenvalue weighted by Crippen LogP contribution is 2.51. The minimum absolute atomic E-state index is 0.111. The predicted molar refractivity (Wildman–Crippen MR) is 197 cm³/mol. The lowest BCUT2D eigenvalue weighted by Gasteiger charge is -2.25. The van der Waals surface area contributed by atoms with E-state index in [1.165, 1.54) is 65.7 Å². The number of hydrogen-bond donors (Lipinski definition) is 0. The Labute approximate surface area is 270 Å². The molecule has 0 aliphatic heterocycles. The van der Waals surface area contributed by atoms with Gasteiger partial charge in [0.15, 0.2) is 0 Å². The summed E-state index contributed by atoms with van der Waals surface area (Å²) in [6, 6.07) is 60.0. The smallest absolute Gasteiger partial charge is 0.0462 e. The van der Waals surface area contributed by atoms with Crippen LogP contribution in [0.1, 0.15) is 25.0 Å². The van der Waals surface area contributed by atoms with Gasteiger partial charge in [0.1, 0.15) is 0 Å². The molecule has 0 bridgehead atoms. The van der Waals surface area contributed by atoms with E-state index in [4.69, 9.17) is 0 Å². The average Bonchev–Trinajstić information content (AvgIpc) is 3.34. The summed E-state index contributed by atoms with van der Waals surface area (Å²) in [6.45, 7) is 4.79. The zero-order valence-corrected chi connectivity index (χ0v) is 26.0. The van der Waals surface area contributed by atoms with Crippen LogP contribution >= 0.6 is 0 Å². The molecule has 0 heterocycles. The molecule has 46 heavy (non-hydrogen) atoms. The van der Waals surface area contributed by atoms with E-state index in [0.717, 1.165) is 17.1 Å². The van der Waals surface area contributed by atoms with E-state index >= 15 is 0 Å². The fourth-order valence-corrected chi connectivity index (χ4v) is 7.57. The van der Waals surface area contributed by atoms with E-state index < -0.39 is 0 Å². The van der Waals surface area contributed by atoms with Gasteiger partial charge in [-0.3, -0.25) is 0 Å². The Morgan fingerprint density at radius 3 is 1.37 bits per heavy atom. The van der Waals surface area contributed by atoms with Crippen LogP contribution in [0.5, 0.6) is 0 Å². The largest absolute Gasteiger partial charge is 0.311 e. The molecule has 0 saturated carbocycles. The third kappa shape index (κ3) is 4.16. The van der Waals surface area contributed by atoms with Crippen LogP contribution in [0.15, 0.2) is 164 Å². The first-order chi connectivity index (χ1) is 22.5. The first-order valence-corrected chi connectivity index (χ1v) is 16.1. The van der Waals surface area contributed by atoms with Crippen LogP contribution in [0.3, 0.4) is 0 Å². The third-order valence-corrected chi connectivity index (χ3v) is 9.95. The molecular formula is C45H33N. The third-order valence-electron chi connectivity index (χ3n) is 9.95. The van der Waals surface area contributed by atoms with Crippen LogP contribution in [-0.2, 0) is 5.41 Å². The molecule has 0 N–H and O–H groups in total. The van der Waals surface area contributed by atoms with Crippen LogP contribution in [0.2, 0.25) is 0 Å². The van der Waals surface area contributed by atoms with E-state index in [-0.39, 0.29) is 5.41 Å². The molecule has 0 amide bonds. The van der Waals surface area contributed by atoms with E-state index in [9.17, 15) is 0 Å². The molecule has 8 aromatic rings. The van der Waals surface area contributed by atoms with Crippen LogP contribution in [0.25, 0.3) is 54.6 Å². The Hall–Kier alpha value is -5.66. The Morgan fingerprint density at radius 2 is 0.783 bits per heavy atom. The summed E-state index contributed by atoms with van der Waals surface area (Å²) in [5, 5.41) is 8.00. The lowest BCUT2D eigenvalue weighted by atomic mass is 9.80. The Morgan fingerprint density at radius 1 is 0.348 bits per heavy atom. The van der Waals surface area contributed by atoms with Crippen molar-refractivity contribution in [3.63, 3.8) is 0 Å². The van der Waals surface area contributed by atoms with Gasteiger partial charge < -0.3 is 4.90 Å². The summed E-state index contributed by atoms with van der Waals surface area (Å²) >= 11 is 0. The number of para-hydroxylation sites is 2. The fourth-order valence-electron chi connectivity index (χ4n) is 7.57. The summed E-state index contributed by atoms with van der Waals surface area (Å²) in [4.78, 5) is 2.31. The minimum atomic E-state index is -0.111. The molecule has 0 fully saturated rings. The zero-order chi connectivity index (χ0) is 30.8. The first kappa shape index (κ1) is 26.7. The van der Waals surface area contributed by atoms with Gasteiger partial charge in [0.2, 0.25) is 0 Å². The number of anilines is 3. The van der Waals surface area contributed by atoms with Gasteiger partial charge in [0.25, 0.3) is 0 Å². The van der Waals surface area contributed by atoms with Gasteiger partial charge >= 0.3 is 0 Å². The van der Waals surface area contributed by atoms with E-state index in [2.05, 4.69) is 183 Å². The van der Waals surface area contributed by atoms with Crippen LogP contribution in [0.4, 0.5) is 17.1 Å². The number of rotatable bonds is 5. The second-order valence-electron chi connectivity index (χ2n) is 13.0. The standard InChI is InChI=1S/C45H33N/c1-45(2)41-28-36(31-21-23-40(24-22-31)46(38-13-5-3-6-14-38)39-15-7-4-8-16-39)26-34-19-20-35-27-37(29-42(45)44(35)43(34)41)33-18-17-30-11-9-10-12-32(30)25-33/h3-29H,1-2H3. The lowest BCUT2D eigenvalue weighted by Crippen LogP contribution is -2.15. The Balaban J connectivity index is 1.13. The maximum absolute atomic E-state index is 2.45. The topological polar surface area (TPSA) is 3.24 Å². The highest BCUT2D eigenvalue weighted by Gasteiger charge is 2.35. The molecule has 0 radical (unpaired) electrons. The normalized spacial score (nSPS) is 13.2. The predicted octanol–water partition coefficient (Wildman–Crippen LogP) is 12.6. The molecule has 0 atom stereocenters. The van der Waals surface area contributed by atoms with Gasteiger partial charge in [-0.25, -0.2) is 0 Å². The second-order valence-corrected chi connectivity index (χ2v) is 13.0. The van der Waals surface area contributed by atoms with Gasteiger partial charge in [-0.15, -0.1) is 0 Å². The quantitative estimate of drug-likeness (QED) is 0.181. The molecule has 1 nitrogen and oxygen atoms in total. The number of benzene rings is 8. The van der Waals surface area contributed by atoms with Crippen molar-refractivity contribution in [3.8, 4) is 22.3 Å². The molecule has 1 heteroatoms. The number of hydrogen-bond acceptors (Lipinski definition) is 1. The van der Waals surface area contributed by atoms with Crippen molar-refractivity contribution < 1.29 is 0 Å². The van der Waals surface area contributed by atoms with Crippen molar-refractivity contribution in [2.24, 2.45) is 0 Å². The van der Waals surface area contributed by atoms with Gasteiger partial charge in [0, 0.05) is 22.5 Å². The van der Waals surface area contributed by atoms with Crippen molar-refractivity contribution in [2.75, 3.05) is 4.90 Å². The summed E-state index contributed by atoms with van der Waals surface area (Å²) < 4.78 is 0. The summed E-state index contributed by atoms with van der Waals surface area (Å²) in [6.07, 6.45) is 0. The van der Waals surface area contributed by atoms with Gasteiger partial charge in [-0.05, 0) is 132 Å². The second kappa shape index (κ2) is 10.2. The molecule has 0 unspecified atom stereocenters. The maximum atomic E-state index is 2.45. The van der Waals surface area contributed by atoms with Crippen LogP contribution in [0, 0.1) is 0 Å².